The van der Waals surface area contributed by atoms with Crippen LogP contribution in [-0.2, 0) is 0 Å². The Balaban J connectivity index is 2.32. The van der Waals surface area contributed by atoms with Crippen molar-refractivity contribution in [1.82, 2.24) is 0 Å². The number of nitrogens with two attached hydrogens (primary N) is 1. The first-order chi connectivity index (χ1) is 9.38. The summed E-state index contributed by atoms with van der Waals surface area (Å²) in [5.41, 5.74) is 4.76. The van der Waals surface area contributed by atoms with E-state index in [1.807, 2.05) is 22.6 Å². The lowest BCUT2D eigenvalue weighted by Crippen LogP contribution is -2.14. The van der Waals surface area contributed by atoms with Crippen LogP contribution in [0.5, 0.6) is 5.75 Å². The molecule has 0 aliphatic rings. The number of nitrogens with one attached hydrogen (secondary N) is 1. The molecule has 4 N–H and O–H groups in total. The average molecular weight is 390 g/mol. The van der Waals surface area contributed by atoms with E-state index in [9.17, 15) is 18.7 Å². The summed E-state index contributed by atoms with van der Waals surface area (Å²) in [7, 11) is 0. The molecule has 20 heavy (non-hydrogen) atoms. The molecular weight excluding hydrogens is 381 g/mol. The van der Waals surface area contributed by atoms with Gasteiger partial charge in [0.2, 0.25) is 0 Å². The van der Waals surface area contributed by atoms with Crippen molar-refractivity contribution in [1.29, 1.82) is 0 Å². The molecule has 0 fully saturated rings. The first kappa shape index (κ1) is 14.5. The zero-order valence-corrected chi connectivity index (χ0v) is 12.1. The summed E-state index contributed by atoms with van der Waals surface area (Å²) in [5.74, 6) is -2.81. The van der Waals surface area contributed by atoms with Gasteiger partial charge in [-0.15, -0.1) is 0 Å². The Morgan fingerprint density at radius 3 is 2.60 bits per heavy atom. The van der Waals surface area contributed by atoms with Gasteiger partial charge in [-0.2, -0.15) is 0 Å². The molecule has 2 rings (SSSR count). The molecule has 0 unspecified atom stereocenters. The van der Waals surface area contributed by atoms with Gasteiger partial charge in [0, 0.05) is 9.64 Å². The molecule has 0 aliphatic carbocycles. The summed E-state index contributed by atoms with van der Waals surface area (Å²) >= 11 is 1.97. The fraction of sp³-hybridized carbons (Fsp3) is 0. The standard InChI is InChI=1S/C13H9F2IN2O2/c14-8-4-9(15)11(5-10(8)17)18-13(20)7-3-6(16)1-2-12(7)19/h1-5,19H,17H2,(H,18,20). The number of phenols is 1. The second-order valence-electron chi connectivity index (χ2n) is 3.97. The van der Waals surface area contributed by atoms with Crippen LogP contribution >= 0.6 is 22.6 Å². The van der Waals surface area contributed by atoms with Crippen molar-refractivity contribution in [2.75, 3.05) is 11.1 Å². The van der Waals surface area contributed by atoms with Crippen LogP contribution in [0.2, 0.25) is 0 Å². The van der Waals surface area contributed by atoms with Crippen molar-refractivity contribution in [3.8, 4) is 5.75 Å². The molecule has 2 aromatic carbocycles. The lowest BCUT2D eigenvalue weighted by molar-refractivity contribution is 0.102. The van der Waals surface area contributed by atoms with E-state index in [2.05, 4.69) is 5.32 Å². The van der Waals surface area contributed by atoms with Crippen molar-refractivity contribution >= 4 is 39.9 Å². The van der Waals surface area contributed by atoms with Gasteiger partial charge in [0.05, 0.1) is 16.9 Å². The smallest absolute Gasteiger partial charge is 0.259 e. The fourth-order valence-corrected chi connectivity index (χ4v) is 2.03. The highest BCUT2D eigenvalue weighted by Gasteiger charge is 2.15. The van der Waals surface area contributed by atoms with Crippen LogP contribution in [0, 0.1) is 15.2 Å². The van der Waals surface area contributed by atoms with E-state index in [1.54, 1.807) is 6.07 Å². The summed E-state index contributed by atoms with van der Waals surface area (Å²) in [6.07, 6.45) is 0. The van der Waals surface area contributed by atoms with Crippen molar-refractivity contribution in [2.45, 2.75) is 0 Å². The van der Waals surface area contributed by atoms with E-state index in [4.69, 9.17) is 5.73 Å². The van der Waals surface area contributed by atoms with Crippen LogP contribution in [0.15, 0.2) is 30.3 Å². The van der Waals surface area contributed by atoms with Gasteiger partial charge in [-0.1, -0.05) is 0 Å². The van der Waals surface area contributed by atoms with E-state index in [0.29, 0.717) is 6.07 Å². The molecule has 0 spiro atoms. The normalized spacial score (nSPS) is 10.3. The number of hydrogen-bond donors (Lipinski definition) is 3. The Hall–Kier alpha value is -1.90. The molecule has 0 radical (unpaired) electrons. The number of rotatable bonds is 2. The van der Waals surface area contributed by atoms with Gasteiger partial charge in [0.1, 0.15) is 17.4 Å². The molecule has 4 nitrogen and oxygen atoms in total. The maximum atomic E-state index is 13.5. The topological polar surface area (TPSA) is 75.3 Å². The fourth-order valence-electron chi connectivity index (χ4n) is 1.54. The van der Waals surface area contributed by atoms with Crippen molar-refractivity contribution in [3.63, 3.8) is 0 Å². The SMILES string of the molecule is Nc1cc(NC(=O)c2cc(I)ccc2O)c(F)cc1F. The first-order valence-electron chi connectivity index (χ1n) is 5.43. The minimum Gasteiger partial charge on any atom is -0.507 e. The maximum Gasteiger partial charge on any atom is 0.259 e. The van der Waals surface area contributed by atoms with Crippen LogP contribution in [0.25, 0.3) is 0 Å². The maximum absolute atomic E-state index is 13.5. The Morgan fingerprint density at radius 2 is 1.90 bits per heavy atom. The lowest BCUT2D eigenvalue weighted by Gasteiger charge is -2.09. The van der Waals surface area contributed by atoms with E-state index in [1.165, 1.54) is 12.1 Å². The van der Waals surface area contributed by atoms with Crippen molar-refractivity contribution in [3.05, 3.63) is 51.1 Å². The number of carbonyl (C=O) groups is 1. The highest BCUT2D eigenvalue weighted by molar-refractivity contribution is 14.1. The number of nitrogen functional groups attached to an aromatic ring is 1. The van der Waals surface area contributed by atoms with E-state index in [-0.39, 0.29) is 22.7 Å². The molecule has 0 saturated carbocycles. The predicted molar refractivity (Wildman–Crippen MR) is 79.5 cm³/mol. The van der Waals surface area contributed by atoms with Gasteiger partial charge < -0.3 is 16.2 Å². The third kappa shape index (κ3) is 2.98. The highest BCUT2D eigenvalue weighted by atomic mass is 127. The molecule has 2 aromatic rings. The Morgan fingerprint density at radius 1 is 1.20 bits per heavy atom. The number of hydrogen-bond acceptors (Lipinski definition) is 3. The van der Waals surface area contributed by atoms with Gasteiger partial charge >= 0.3 is 0 Å². The number of benzene rings is 2. The van der Waals surface area contributed by atoms with Crippen LogP contribution < -0.4 is 11.1 Å². The number of anilines is 2. The van der Waals surface area contributed by atoms with Gasteiger partial charge in [0.25, 0.3) is 5.91 Å². The van der Waals surface area contributed by atoms with Crippen LogP contribution in [-0.4, -0.2) is 11.0 Å². The average Bonchev–Trinajstić information content (AvgIpc) is 2.38. The van der Waals surface area contributed by atoms with Crippen molar-refractivity contribution in [2.24, 2.45) is 0 Å². The summed E-state index contributed by atoms with van der Waals surface area (Å²) in [5, 5.41) is 11.8. The Bertz CT molecular complexity index is 692. The molecule has 104 valence electrons. The van der Waals surface area contributed by atoms with Crippen LogP contribution in [0.4, 0.5) is 20.2 Å². The van der Waals surface area contributed by atoms with Crippen LogP contribution in [0.3, 0.4) is 0 Å². The number of phenolic OH excluding ortho intramolecular Hbond substituents is 1. The van der Waals surface area contributed by atoms with Crippen LogP contribution in [0.1, 0.15) is 10.4 Å². The summed E-state index contributed by atoms with van der Waals surface area (Å²) in [6, 6.07) is 5.97. The summed E-state index contributed by atoms with van der Waals surface area (Å²) in [4.78, 5) is 12.0. The minimum absolute atomic E-state index is 0.0146. The van der Waals surface area contributed by atoms with Gasteiger partial charge in [0.15, 0.2) is 0 Å². The zero-order valence-electron chi connectivity index (χ0n) is 9.95. The predicted octanol–water partition coefficient (Wildman–Crippen LogP) is 3.11. The monoisotopic (exact) mass is 390 g/mol. The zero-order chi connectivity index (χ0) is 14.9. The Kier molecular flexibility index (Phi) is 4.07. The molecule has 0 aliphatic heterocycles. The molecular formula is C13H9F2IN2O2. The quantitative estimate of drug-likeness (QED) is 0.545. The second-order valence-corrected chi connectivity index (χ2v) is 5.21. The van der Waals surface area contributed by atoms with Gasteiger partial charge in [-0.25, -0.2) is 8.78 Å². The third-order valence-corrected chi connectivity index (χ3v) is 3.21. The number of carbonyl (C=O) groups excluding carboxylic acids is 1. The summed E-state index contributed by atoms with van der Waals surface area (Å²) in [6.45, 7) is 0. The van der Waals surface area contributed by atoms with E-state index >= 15 is 0 Å². The third-order valence-electron chi connectivity index (χ3n) is 2.54. The molecule has 0 heterocycles. The van der Waals surface area contributed by atoms with Gasteiger partial charge in [-0.05, 0) is 46.9 Å². The minimum atomic E-state index is -0.949. The highest BCUT2D eigenvalue weighted by Crippen LogP contribution is 2.24. The lowest BCUT2D eigenvalue weighted by atomic mass is 10.1. The molecule has 0 saturated heterocycles. The number of halogens is 3. The molecule has 0 atom stereocenters. The number of aromatic hydroxyl groups is 1. The van der Waals surface area contributed by atoms with E-state index in [0.717, 1.165) is 9.64 Å². The first-order valence-corrected chi connectivity index (χ1v) is 6.50. The van der Waals surface area contributed by atoms with Gasteiger partial charge in [-0.3, -0.25) is 4.79 Å². The van der Waals surface area contributed by atoms with E-state index < -0.39 is 17.5 Å². The number of amides is 1. The van der Waals surface area contributed by atoms with Crippen molar-refractivity contribution < 1.29 is 18.7 Å². The Labute approximate surface area is 126 Å². The largest absolute Gasteiger partial charge is 0.507 e. The second kappa shape index (κ2) is 5.61. The molecule has 0 aromatic heterocycles. The molecule has 7 heteroatoms. The molecule has 1 amide bonds. The summed E-state index contributed by atoms with van der Waals surface area (Å²) < 4.78 is 27.3. The molecule has 0 bridgehead atoms.